The van der Waals surface area contributed by atoms with E-state index in [2.05, 4.69) is 30.4 Å². The number of guanidine groups is 1. The van der Waals surface area contributed by atoms with Gasteiger partial charge in [0.1, 0.15) is 11.6 Å². The van der Waals surface area contributed by atoms with Gasteiger partial charge in [-0.15, -0.1) is 24.0 Å². The number of aliphatic imine (C=N–C) groups is 1. The number of hydrogen-bond acceptors (Lipinski definition) is 4. The van der Waals surface area contributed by atoms with Crippen LogP contribution < -0.4 is 15.4 Å². The average molecular weight is 541 g/mol. The van der Waals surface area contributed by atoms with Crippen molar-refractivity contribution in [2.45, 2.75) is 51.9 Å². The van der Waals surface area contributed by atoms with Crippen molar-refractivity contribution in [1.82, 2.24) is 25.4 Å². The molecule has 1 aromatic carbocycles. The maximum Gasteiger partial charge on any atom is 0.387 e. The van der Waals surface area contributed by atoms with E-state index >= 15 is 0 Å². The van der Waals surface area contributed by atoms with Gasteiger partial charge in [0.05, 0.1) is 6.54 Å². The second kappa shape index (κ2) is 10.9. The number of aryl methyl sites for hydroxylation is 2. The van der Waals surface area contributed by atoms with Gasteiger partial charge in [-0.25, -0.2) is 9.67 Å². The lowest BCUT2D eigenvalue weighted by Gasteiger charge is -2.25. The first-order chi connectivity index (χ1) is 13.5. The molecule has 0 saturated carbocycles. The lowest BCUT2D eigenvalue weighted by Crippen LogP contribution is -2.46. The number of nitrogens with zero attached hydrogens (tertiary/aromatic N) is 4. The van der Waals surface area contributed by atoms with E-state index in [0.717, 1.165) is 30.9 Å². The van der Waals surface area contributed by atoms with Crippen LogP contribution in [0.5, 0.6) is 5.75 Å². The van der Waals surface area contributed by atoms with E-state index in [1.807, 2.05) is 11.6 Å². The van der Waals surface area contributed by atoms with Crippen molar-refractivity contribution in [3.05, 3.63) is 40.4 Å². The van der Waals surface area contributed by atoms with Gasteiger partial charge in [0.15, 0.2) is 11.8 Å². The van der Waals surface area contributed by atoms with Crippen LogP contribution in [-0.4, -0.2) is 40.4 Å². The van der Waals surface area contributed by atoms with Gasteiger partial charge in [0.25, 0.3) is 0 Å². The van der Waals surface area contributed by atoms with Crippen molar-refractivity contribution >= 4 is 41.5 Å². The Morgan fingerprint density at radius 1 is 1.45 bits per heavy atom. The predicted octanol–water partition coefficient (Wildman–Crippen LogP) is 3.39. The van der Waals surface area contributed by atoms with Gasteiger partial charge >= 0.3 is 6.61 Å². The van der Waals surface area contributed by atoms with Crippen LogP contribution in [0.3, 0.4) is 0 Å². The summed E-state index contributed by atoms with van der Waals surface area (Å²) in [4.78, 5) is 8.73. The van der Waals surface area contributed by atoms with E-state index in [9.17, 15) is 8.78 Å². The highest BCUT2D eigenvalue weighted by Gasteiger charge is 2.22. The Morgan fingerprint density at radius 3 is 2.93 bits per heavy atom. The molecule has 160 valence electrons. The van der Waals surface area contributed by atoms with Crippen LogP contribution in [0.1, 0.15) is 30.6 Å². The first-order valence-corrected chi connectivity index (χ1v) is 9.49. The smallest absolute Gasteiger partial charge is 0.387 e. The van der Waals surface area contributed by atoms with Crippen molar-refractivity contribution in [3.8, 4) is 5.75 Å². The van der Waals surface area contributed by atoms with Crippen LogP contribution in [0.4, 0.5) is 8.78 Å². The summed E-state index contributed by atoms with van der Waals surface area (Å²) in [5, 5.41) is 11.4. The third-order valence-electron chi connectivity index (χ3n) is 4.47. The van der Waals surface area contributed by atoms with Crippen molar-refractivity contribution < 1.29 is 13.5 Å². The molecule has 2 aromatic rings. The Labute approximate surface area is 190 Å². The van der Waals surface area contributed by atoms with Gasteiger partial charge in [-0.2, -0.15) is 13.9 Å². The van der Waals surface area contributed by atoms with E-state index < -0.39 is 6.61 Å². The van der Waals surface area contributed by atoms with E-state index in [4.69, 9.17) is 11.6 Å². The number of halogens is 4. The minimum atomic E-state index is -2.90. The maximum absolute atomic E-state index is 12.6. The average Bonchev–Trinajstić information content (AvgIpc) is 3.09. The second-order valence-electron chi connectivity index (χ2n) is 6.42. The molecule has 7 nitrogen and oxygen atoms in total. The van der Waals surface area contributed by atoms with Gasteiger partial charge in [-0.3, -0.25) is 4.99 Å². The van der Waals surface area contributed by atoms with Crippen LogP contribution >= 0.6 is 35.6 Å². The summed E-state index contributed by atoms with van der Waals surface area (Å²) in [7, 11) is 1.66. The number of fused-ring (bicyclic) bond motifs is 1. The molecule has 2 heterocycles. The minimum absolute atomic E-state index is 0. The summed E-state index contributed by atoms with van der Waals surface area (Å²) in [6, 6.07) is 4.67. The molecule has 0 spiro atoms. The standard InChI is InChI=1S/C18H23ClF2N6O.HI/c1-3-15-25-16-7-5-13(10-27(16)26-15)24-18(22-2)23-9-11-8-12(19)4-6-14(11)28-17(20)21;/h4,6,8,13,17H,3,5,7,9-10H2,1-2H3,(H2,22,23,24);1H. The molecule has 0 amide bonds. The zero-order valence-corrected chi connectivity index (χ0v) is 19.2. The normalized spacial score (nSPS) is 16.2. The highest BCUT2D eigenvalue weighted by molar-refractivity contribution is 14.0. The molecule has 0 fully saturated rings. The van der Waals surface area contributed by atoms with E-state index in [0.29, 0.717) is 23.1 Å². The van der Waals surface area contributed by atoms with Crippen LogP contribution in [0.25, 0.3) is 0 Å². The summed E-state index contributed by atoms with van der Waals surface area (Å²) in [6.07, 6.45) is 2.55. The summed E-state index contributed by atoms with van der Waals surface area (Å²) >= 11 is 5.99. The third-order valence-corrected chi connectivity index (χ3v) is 4.70. The molecule has 1 aromatic heterocycles. The van der Waals surface area contributed by atoms with Gasteiger partial charge < -0.3 is 15.4 Å². The van der Waals surface area contributed by atoms with Crippen LogP contribution in [0.15, 0.2) is 23.2 Å². The fourth-order valence-corrected chi connectivity index (χ4v) is 3.29. The monoisotopic (exact) mass is 540 g/mol. The summed E-state index contributed by atoms with van der Waals surface area (Å²) in [5.74, 6) is 2.50. The highest BCUT2D eigenvalue weighted by Crippen LogP contribution is 2.24. The first kappa shape index (κ1) is 23.6. The third kappa shape index (κ3) is 6.39. The first-order valence-electron chi connectivity index (χ1n) is 9.11. The van der Waals surface area contributed by atoms with Gasteiger partial charge in [0, 0.05) is 43.1 Å². The zero-order valence-electron chi connectivity index (χ0n) is 16.2. The number of aromatic nitrogens is 3. The van der Waals surface area contributed by atoms with Crippen molar-refractivity contribution in [3.63, 3.8) is 0 Å². The Bertz CT molecular complexity index is 848. The van der Waals surface area contributed by atoms with Crippen molar-refractivity contribution in [2.75, 3.05) is 7.05 Å². The molecule has 1 atom stereocenters. The summed E-state index contributed by atoms with van der Waals surface area (Å²) < 4.78 is 31.7. The molecule has 0 radical (unpaired) electrons. The fourth-order valence-electron chi connectivity index (χ4n) is 3.09. The SMILES string of the molecule is CCc1nc2n(n1)CC(NC(=NC)NCc1cc(Cl)ccc1OC(F)F)CC2.I. The molecule has 29 heavy (non-hydrogen) atoms. The largest absolute Gasteiger partial charge is 0.434 e. The Kier molecular flexibility index (Phi) is 8.87. The topological polar surface area (TPSA) is 76.4 Å². The lowest BCUT2D eigenvalue weighted by molar-refractivity contribution is -0.0504. The fraction of sp³-hybridized carbons (Fsp3) is 0.500. The van der Waals surface area contributed by atoms with Gasteiger partial charge in [-0.05, 0) is 24.6 Å². The Balaban J connectivity index is 0.00000300. The molecule has 1 unspecified atom stereocenters. The molecule has 11 heteroatoms. The number of rotatable bonds is 6. The number of ether oxygens (including phenoxy) is 1. The minimum Gasteiger partial charge on any atom is -0.434 e. The van der Waals surface area contributed by atoms with Crippen LogP contribution in [-0.2, 0) is 25.9 Å². The summed E-state index contributed by atoms with van der Waals surface area (Å²) in [6.45, 7) is 0.0678. The van der Waals surface area contributed by atoms with Crippen LogP contribution in [0, 0.1) is 0 Å². The van der Waals surface area contributed by atoms with E-state index in [1.54, 1.807) is 13.1 Å². The number of benzene rings is 1. The number of nitrogens with one attached hydrogen (secondary N) is 2. The lowest BCUT2D eigenvalue weighted by atomic mass is 10.1. The zero-order chi connectivity index (χ0) is 20.1. The molecule has 2 N–H and O–H groups in total. The highest BCUT2D eigenvalue weighted by atomic mass is 127. The van der Waals surface area contributed by atoms with Crippen LogP contribution in [0.2, 0.25) is 5.02 Å². The summed E-state index contributed by atoms with van der Waals surface area (Å²) in [5.41, 5.74) is 0.519. The quantitative estimate of drug-likeness (QED) is 0.334. The molecule has 1 aliphatic heterocycles. The van der Waals surface area contributed by atoms with E-state index in [1.165, 1.54) is 12.1 Å². The van der Waals surface area contributed by atoms with Crippen molar-refractivity contribution in [2.24, 2.45) is 4.99 Å². The molecule has 0 saturated heterocycles. The molecule has 3 rings (SSSR count). The van der Waals surface area contributed by atoms with Crippen molar-refractivity contribution in [1.29, 1.82) is 0 Å². The Hall–Kier alpha value is -1.69. The Morgan fingerprint density at radius 2 is 2.24 bits per heavy atom. The maximum atomic E-state index is 12.6. The molecular weight excluding hydrogens is 517 g/mol. The molecular formula is C18H24ClF2IN6O. The van der Waals surface area contributed by atoms with Gasteiger partial charge in [0.2, 0.25) is 0 Å². The molecule has 0 aliphatic carbocycles. The molecule has 0 bridgehead atoms. The number of alkyl halides is 2. The number of hydrogen-bond donors (Lipinski definition) is 2. The van der Waals surface area contributed by atoms with E-state index in [-0.39, 0.29) is 42.3 Å². The predicted molar refractivity (Wildman–Crippen MR) is 118 cm³/mol. The molecule has 1 aliphatic rings. The van der Waals surface area contributed by atoms with Gasteiger partial charge in [-0.1, -0.05) is 18.5 Å². The second-order valence-corrected chi connectivity index (χ2v) is 6.85.